The van der Waals surface area contributed by atoms with E-state index in [1.54, 1.807) is 17.4 Å². The molecule has 12 heteroatoms. The quantitative estimate of drug-likeness (QED) is 0.490. The molecule has 0 aliphatic heterocycles. The number of ether oxygens (including phenoxy) is 1. The summed E-state index contributed by atoms with van der Waals surface area (Å²) in [5.41, 5.74) is 7.25. The lowest BCUT2D eigenvalue weighted by Crippen LogP contribution is -2.39. The summed E-state index contributed by atoms with van der Waals surface area (Å²) in [4.78, 5) is 21.2. The van der Waals surface area contributed by atoms with Gasteiger partial charge in [-0.2, -0.15) is 5.10 Å². The summed E-state index contributed by atoms with van der Waals surface area (Å²) >= 11 is 1.60. The van der Waals surface area contributed by atoms with Crippen molar-refractivity contribution in [2.24, 2.45) is 10.7 Å². The van der Waals surface area contributed by atoms with Gasteiger partial charge in [0, 0.05) is 34.4 Å². The second-order valence-electron chi connectivity index (χ2n) is 9.59. The number of H-pyrrole nitrogens is 1. The Kier molecular flexibility index (Phi) is 6.98. The van der Waals surface area contributed by atoms with E-state index < -0.39 is 16.1 Å². The van der Waals surface area contributed by atoms with Gasteiger partial charge >= 0.3 is 6.09 Å². The number of aromatic amines is 1. The second-order valence-corrected chi connectivity index (χ2v) is 12.6. The topological polar surface area (TPSA) is 152 Å². The molecule has 3 aliphatic carbocycles. The molecule has 2 saturated carbocycles. The molecule has 0 radical (unpaired) electrons. The van der Waals surface area contributed by atoms with Gasteiger partial charge in [-0.25, -0.2) is 23.2 Å². The summed E-state index contributed by atoms with van der Waals surface area (Å²) in [6.07, 6.45) is 12.2. The van der Waals surface area contributed by atoms with Gasteiger partial charge in [0.2, 0.25) is 10.0 Å². The molecule has 2 aromatic rings. The van der Waals surface area contributed by atoms with E-state index in [1.165, 1.54) is 0 Å². The number of carbonyl (C=O) groups is 1. The Morgan fingerprint density at radius 2 is 2.03 bits per heavy atom. The van der Waals surface area contributed by atoms with Crippen LogP contribution in [-0.2, 0) is 14.8 Å². The van der Waals surface area contributed by atoms with Crippen molar-refractivity contribution in [2.75, 3.05) is 0 Å². The number of allylic oxidation sites excluding steroid dienone is 3. The SMILES string of the molecule is Cc1cc(N=C2C=CC(c3cnc(C4CCC(OC(N)=O)CC4)s3)C(NS(=O)(=O)C3CCC3)=C2)n[nH]1. The van der Waals surface area contributed by atoms with Crippen molar-refractivity contribution in [3.8, 4) is 0 Å². The average molecular weight is 531 g/mol. The van der Waals surface area contributed by atoms with Crippen LogP contribution in [0, 0.1) is 6.92 Å². The number of aromatic nitrogens is 3. The van der Waals surface area contributed by atoms with Crippen LogP contribution in [0.5, 0.6) is 0 Å². The molecule has 0 spiro atoms. The molecule has 0 saturated heterocycles. The van der Waals surface area contributed by atoms with E-state index in [2.05, 4.69) is 24.9 Å². The predicted octanol–water partition coefficient (Wildman–Crippen LogP) is 4.08. The van der Waals surface area contributed by atoms with Crippen molar-refractivity contribution in [1.82, 2.24) is 19.9 Å². The number of carbonyl (C=O) groups excluding carboxylic acids is 1. The van der Waals surface area contributed by atoms with Crippen LogP contribution < -0.4 is 10.5 Å². The summed E-state index contributed by atoms with van der Waals surface area (Å²) in [6.45, 7) is 1.90. The third-order valence-corrected chi connectivity index (χ3v) is 10.1. The fraction of sp³-hybridized carbons (Fsp3) is 0.500. The molecule has 192 valence electrons. The molecule has 10 nitrogen and oxygen atoms in total. The summed E-state index contributed by atoms with van der Waals surface area (Å²) < 4.78 is 34.0. The van der Waals surface area contributed by atoms with E-state index in [-0.39, 0.29) is 23.2 Å². The molecule has 5 rings (SSSR count). The number of nitrogens with one attached hydrogen (secondary N) is 2. The number of thiazole rings is 1. The highest BCUT2D eigenvalue weighted by atomic mass is 32.2. The molecule has 1 unspecified atom stereocenters. The lowest BCUT2D eigenvalue weighted by molar-refractivity contribution is 0.0787. The van der Waals surface area contributed by atoms with E-state index in [0.717, 1.165) is 47.7 Å². The summed E-state index contributed by atoms with van der Waals surface area (Å²) in [5.74, 6) is 0.558. The monoisotopic (exact) mass is 530 g/mol. The van der Waals surface area contributed by atoms with Gasteiger partial charge in [-0.05, 0) is 57.6 Å². The number of amides is 1. The minimum Gasteiger partial charge on any atom is -0.446 e. The van der Waals surface area contributed by atoms with Gasteiger partial charge in [0.15, 0.2) is 5.82 Å². The largest absolute Gasteiger partial charge is 0.446 e. The van der Waals surface area contributed by atoms with Crippen LogP contribution in [0.2, 0.25) is 0 Å². The number of rotatable bonds is 7. The van der Waals surface area contributed by atoms with Gasteiger partial charge in [0.05, 0.1) is 21.9 Å². The smallest absolute Gasteiger partial charge is 0.404 e. The highest BCUT2D eigenvalue weighted by Gasteiger charge is 2.34. The molecule has 2 heterocycles. The molecule has 0 bridgehead atoms. The molecule has 1 amide bonds. The third kappa shape index (κ3) is 5.54. The number of hydrogen-bond donors (Lipinski definition) is 3. The number of primary amides is 1. The van der Waals surface area contributed by atoms with Crippen molar-refractivity contribution in [3.63, 3.8) is 0 Å². The fourth-order valence-electron chi connectivity index (χ4n) is 4.75. The van der Waals surface area contributed by atoms with Gasteiger partial charge in [-0.15, -0.1) is 11.3 Å². The number of nitrogens with zero attached hydrogens (tertiary/aromatic N) is 3. The van der Waals surface area contributed by atoms with Crippen molar-refractivity contribution in [3.05, 3.63) is 51.8 Å². The summed E-state index contributed by atoms with van der Waals surface area (Å²) in [7, 11) is -3.48. The standard InChI is InChI=1S/C24H30N6O4S2/c1-14-11-22(29-28-14)27-16-7-10-19(20(12-16)30-36(32,33)18-3-2-4-18)21-13-26-23(35-21)15-5-8-17(9-6-15)34-24(25)31/h7,10-13,15,17-19,30H,2-6,8-9H2,1H3,(H2,25,31)(H,28,29). The minimum atomic E-state index is -3.48. The predicted molar refractivity (Wildman–Crippen MR) is 138 cm³/mol. The third-order valence-electron chi connectivity index (χ3n) is 6.94. The zero-order chi connectivity index (χ0) is 25.3. The van der Waals surface area contributed by atoms with Crippen molar-refractivity contribution >= 4 is 39.0 Å². The first-order chi connectivity index (χ1) is 17.3. The average Bonchev–Trinajstić information content (AvgIpc) is 3.41. The Hall–Kier alpha value is -2.99. The zero-order valence-corrected chi connectivity index (χ0v) is 21.6. The molecule has 36 heavy (non-hydrogen) atoms. The maximum Gasteiger partial charge on any atom is 0.404 e. The Bertz CT molecular complexity index is 1310. The van der Waals surface area contributed by atoms with Crippen LogP contribution >= 0.6 is 11.3 Å². The lowest BCUT2D eigenvalue weighted by Gasteiger charge is -2.28. The van der Waals surface area contributed by atoms with Gasteiger partial charge in [-0.1, -0.05) is 12.5 Å². The highest BCUT2D eigenvalue weighted by Crippen LogP contribution is 2.40. The normalized spacial score (nSPS) is 25.9. The maximum absolute atomic E-state index is 13.0. The van der Waals surface area contributed by atoms with Crippen LogP contribution in [0.4, 0.5) is 10.6 Å². The zero-order valence-electron chi connectivity index (χ0n) is 20.0. The molecule has 4 N–H and O–H groups in total. The van der Waals surface area contributed by atoms with Crippen molar-refractivity contribution < 1.29 is 17.9 Å². The Labute approximate surface area is 214 Å². The van der Waals surface area contributed by atoms with Crippen LogP contribution in [-0.4, -0.2) is 46.8 Å². The Morgan fingerprint density at radius 3 is 2.67 bits per heavy atom. The van der Waals surface area contributed by atoms with Crippen LogP contribution in [0.1, 0.15) is 72.4 Å². The van der Waals surface area contributed by atoms with Crippen LogP contribution in [0.3, 0.4) is 0 Å². The number of nitrogens with two attached hydrogens (primary N) is 1. The first-order valence-electron chi connectivity index (χ1n) is 12.2. The van der Waals surface area contributed by atoms with Crippen molar-refractivity contribution in [2.45, 2.75) is 75.1 Å². The molecule has 3 aliphatic rings. The maximum atomic E-state index is 13.0. The number of sulfonamides is 1. The van der Waals surface area contributed by atoms with Gasteiger partial charge in [0.1, 0.15) is 6.10 Å². The minimum absolute atomic E-state index is 0.133. The number of hydrogen-bond acceptors (Lipinski definition) is 8. The van der Waals surface area contributed by atoms with Gasteiger partial charge in [0.25, 0.3) is 0 Å². The first kappa shape index (κ1) is 24.7. The molecule has 0 aromatic carbocycles. The molecular weight excluding hydrogens is 500 g/mol. The molecule has 2 aromatic heterocycles. The van der Waals surface area contributed by atoms with Crippen molar-refractivity contribution in [1.29, 1.82) is 0 Å². The number of aryl methyl sites for hydroxylation is 1. The first-order valence-corrected chi connectivity index (χ1v) is 14.6. The Morgan fingerprint density at radius 1 is 1.25 bits per heavy atom. The highest BCUT2D eigenvalue weighted by molar-refractivity contribution is 7.90. The van der Waals surface area contributed by atoms with Crippen LogP contribution in [0.25, 0.3) is 0 Å². The van der Waals surface area contributed by atoms with Crippen LogP contribution in [0.15, 0.2) is 41.2 Å². The fourth-order valence-corrected chi connectivity index (χ4v) is 7.58. The van der Waals surface area contributed by atoms with E-state index >= 15 is 0 Å². The van der Waals surface area contributed by atoms with Gasteiger partial charge in [-0.3, -0.25) is 9.82 Å². The van der Waals surface area contributed by atoms with E-state index in [0.29, 0.717) is 30.1 Å². The molecule has 1 atom stereocenters. The van der Waals surface area contributed by atoms with Gasteiger partial charge < -0.3 is 10.5 Å². The van der Waals surface area contributed by atoms with E-state index in [1.807, 2.05) is 31.3 Å². The second kappa shape index (κ2) is 10.2. The Balaban J connectivity index is 1.36. The lowest BCUT2D eigenvalue weighted by atomic mass is 9.88. The van der Waals surface area contributed by atoms with E-state index in [4.69, 9.17) is 10.5 Å². The molecule has 2 fully saturated rings. The number of aliphatic imine (C=N–C) groups is 1. The summed E-state index contributed by atoms with van der Waals surface area (Å²) in [5, 5.41) is 7.69. The van der Waals surface area contributed by atoms with E-state index in [9.17, 15) is 13.2 Å². The molecular formula is C24H30N6O4S2. The summed E-state index contributed by atoms with van der Waals surface area (Å²) in [6, 6.07) is 1.83.